The topological polar surface area (TPSA) is 20.2 Å². The molecule has 0 aliphatic heterocycles. The number of aliphatic hydroxyl groups excluding tert-OH is 1. The quantitative estimate of drug-likeness (QED) is 0.519. The van der Waals surface area contributed by atoms with E-state index in [4.69, 9.17) is 7.85 Å². The molecule has 0 heterocycles. The molecule has 1 nitrogen and oxygen atoms in total. The van der Waals surface area contributed by atoms with Gasteiger partial charge in [-0.3, -0.25) is 0 Å². The van der Waals surface area contributed by atoms with Gasteiger partial charge in [0.2, 0.25) is 0 Å². The smallest absolute Gasteiger partial charge is 0.0700 e. The van der Waals surface area contributed by atoms with Gasteiger partial charge >= 0.3 is 0 Å². The molecule has 9 heavy (non-hydrogen) atoms. The molecular formula is C7H13BO. The van der Waals surface area contributed by atoms with Gasteiger partial charge in [-0.15, -0.1) is 0 Å². The van der Waals surface area contributed by atoms with Crippen LogP contribution in [0.15, 0.2) is 0 Å². The van der Waals surface area contributed by atoms with Gasteiger partial charge in [-0.1, -0.05) is 25.6 Å². The standard InChI is InChI=1S/C7H13BO/c1-2-5-3-6(8)4-7(5)9/h5-7,9H,2-4H2,1H3. The van der Waals surface area contributed by atoms with E-state index >= 15 is 0 Å². The summed E-state index contributed by atoms with van der Waals surface area (Å²) in [6.45, 7) is 2.10. The van der Waals surface area contributed by atoms with Crippen LogP contribution in [0.4, 0.5) is 0 Å². The predicted molar refractivity (Wildman–Crippen MR) is 38.5 cm³/mol. The Balaban J connectivity index is 2.38. The lowest BCUT2D eigenvalue weighted by molar-refractivity contribution is 0.131. The summed E-state index contributed by atoms with van der Waals surface area (Å²) in [5.41, 5.74) is 0. The molecule has 0 aromatic carbocycles. The molecule has 3 unspecified atom stereocenters. The molecule has 1 rings (SSSR count). The van der Waals surface area contributed by atoms with Gasteiger partial charge in [0.1, 0.15) is 0 Å². The second kappa shape index (κ2) is 2.74. The van der Waals surface area contributed by atoms with Crippen molar-refractivity contribution in [2.24, 2.45) is 5.92 Å². The lowest BCUT2D eigenvalue weighted by Crippen LogP contribution is -2.10. The maximum Gasteiger partial charge on any atom is 0.0700 e. The summed E-state index contributed by atoms with van der Waals surface area (Å²) in [5.74, 6) is 0.727. The molecule has 2 heteroatoms. The van der Waals surface area contributed by atoms with Gasteiger partial charge in [-0.25, -0.2) is 0 Å². The van der Waals surface area contributed by atoms with Crippen LogP contribution in [0, 0.1) is 5.92 Å². The highest BCUT2D eigenvalue weighted by molar-refractivity contribution is 6.11. The summed E-state index contributed by atoms with van der Waals surface area (Å²) in [6, 6.07) is 0. The van der Waals surface area contributed by atoms with Crippen molar-refractivity contribution in [3.63, 3.8) is 0 Å². The predicted octanol–water partition coefficient (Wildman–Crippen LogP) is 1.12. The van der Waals surface area contributed by atoms with Gasteiger partial charge in [0.05, 0.1) is 14.0 Å². The highest BCUT2D eigenvalue weighted by Crippen LogP contribution is 2.34. The Morgan fingerprint density at radius 2 is 2.22 bits per heavy atom. The molecule has 3 atom stereocenters. The fourth-order valence-electron chi connectivity index (χ4n) is 1.58. The molecule has 0 amide bonds. The van der Waals surface area contributed by atoms with Crippen LogP contribution in [-0.2, 0) is 0 Å². The summed E-state index contributed by atoms with van der Waals surface area (Å²) >= 11 is 0. The van der Waals surface area contributed by atoms with Crippen molar-refractivity contribution < 1.29 is 5.11 Å². The molecule has 50 valence electrons. The lowest BCUT2D eigenvalue weighted by atomic mass is 9.85. The minimum absolute atomic E-state index is 0.120. The minimum Gasteiger partial charge on any atom is -0.393 e. The van der Waals surface area contributed by atoms with Crippen molar-refractivity contribution in [1.29, 1.82) is 0 Å². The molecule has 1 aliphatic rings. The van der Waals surface area contributed by atoms with E-state index in [1.165, 1.54) is 0 Å². The van der Waals surface area contributed by atoms with Crippen molar-refractivity contribution in [3.05, 3.63) is 0 Å². The van der Waals surface area contributed by atoms with Crippen LogP contribution >= 0.6 is 0 Å². The summed E-state index contributed by atoms with van der Waals surface area (Å²) < 4.78 is 0. The van der Waals surface area contributed by atoms with E-state index < -0.39 is 0 Å². The summed E-state index contributed by atoms with van der Waals surface area (Å²) in [5, 5.41) is 9.28. The first-order chi connectivity index (χ1) is 4.24. The molecule has 0 spiro atoms. The van der Waals surface area contributed by atoms with Crippen molar-refractivity contribution >= 4 is 7.85 Å². The third-order valence-corrected chi connectivity index (χ3v) is 2.22. The minimum atomic E-state index is -0.120. The van der Waals surface area contributed by atoms with Crippen LogP contribution in [-0.4, -0.2) is 19.1 Å². The first-order valence-corrected chi connectivity index (χ1v) is 3.67. The monoisotopic (exact) mass is 124 g/mol. The van der Waals surface area contributed by atoms with Gasteiger partial charge in [-0.05, 0) is 12.3 Å². The fourth-order valence-corrected chi connectivity index (χ4v) is 1.58. The van der Waals surface area contributed by atoms with E-state index in [1.54, 1.807) is 0 Å². The van der Waals surface area contributed by atoms with Gasteiger partial charge < -0.3 is 5.11 Å². The Kier molecular flexibility index (Phi) is 2.17. The largest absolute Gasteiger partial charge is 0.393 e. The zero-order chi connectivity index (χ0) is 6.85. The van der Waals surface area contributed by atoms with E-state index in [-0.39, 0.29) is 11.9 Å². The average Bonchev–Trinajstić information content (AvgIpc) is 2.10. The molecule has 1 fully saturated rings. The van der Waals surface area contributed by atoms with Crippen molar-refractivity contribution in [3.8, 4) is 0 Å². The van der Waals surface area contributed by atoms with Gasteiger partial charge in [-0.2, -0.15) is 0 Å². The number of hydrogen-bond donors (Lipinski definition) is 1. The normalized spacial score (nSPS) is 43.6. The molecular weight excluding hydrogens is 111 g/mol. The van der Waals surface area contributed by atoms with Crippen molar-refractivity contribution in [1.82, 2.24) is 0 Å². The van der Waals surface area contributed by atoms with E-state index in [1.807, 2.05) is 0 Å². The van der Waals surface area contributed by atoms with E-state index in [0.717, 1.165) is 19.3 Å². The van der Waals surface area contributed by atoms with Crippen LogP contribution in [0.1, 0.15) is 26.2 Å². The molecule has 1 aliphatic carbocycles. The molecule has 2 radical (unpaired) electrons. The van der Waals surface area contributed by atoms with Gasteiger partial charge in [0.25, 0.3) is 0 Å². The first-order valence-electron chi connectivity index (χ1n) is 3.67. The van der Waals surface area contributed by atoms with E-state index in [9.17, 15) is 5.11 Å². The zero-order valence-corrected chi connectivity index (χ0v) is 5.88. The van der Waals surface area contributed by atoms with E-state index in [0.29, 0.717) is 5.92 Å². The summed E-state index contributed by atoms with van der Waals surface area (Å²) in [6.07, 6.45) is 2.76. The Hall–Kier alpha value is 0.0249. The maximum atomic E-state index is 9.28. The third-order valence-electron chi connectivity index (χ3n) is 2.22. The Bertz CT molecular complexity index is 94.9. The van der Waals surface area contributed by atoms with Crippen LogP contribution < -0.4 is 0 Å². The average molecular weight is 124 g/mol. The zero-order valence-electron chi connectivity index (χ0n) is 5.88. The van der Waals surface area contributed by atoms with Crippen molar-refractivity contribution in [2.45, 2.75) is 38.1 Å². The number of hydrogen-bond acceptors (Lipinski definition) is 1. The Morgan fingerprint density at radius 3 is 2.44 bits per heavy atom. The van der Waals surface area contributed by atoms with Crippen molar-refractivity contribution in [2.75, 3.05) is 0 Å². The second-order valence-electron chi connectivity index (χ2n) is 2.97. The Labute approximate surface area is 57.9 Å². The number of aliphatic hydroxyl groups is 1. The first kappa shape index (κ1) is 7.14. The maximum absolute atomic E-state index is 9.28. The highest BCUT2D eigenvalue weighted by atomic mass is 16.3. The van der Waals surface area contributed by atoms with E-state index in [2.05, 4.69) is 6.92 Å². The van der Waals surface area contributed by atoms with Gasteiger partial charge in [0, 0.05) is 0 Å². The molecule has 0 aromatic heterocycles. The second-order valence-corrected chi connectivity index (χ2v) is 2.97. The highest BCUT2D eigenvalue weighted by Gasteiger charge is 2.27. The molecule has 1 saturated carbocycles. The van der Waals surface area contributed by atoms with Crippen LogP contribution in [0.5, 0.6) is 0 Å². The van der Waals surface area contributed by atoms with Crippen LogP contribution in [0.25, 0.3) is 0 Å². The summed E-state index contributed by atoms with van der Waals surface area (Å²) in [7, 11) is 5.63. The lowest BCUT2D eigenvalue weighted by Gasteiger charge is -2.09. The van der Waals surface area contributed by atoms with Crippen LogP contribution in [0.2, 0.25) is 5.82 Å². The number of rotatable bonds is 1. The van der Waals surface area contributed by atoms with Crippen LogP contribution in [0.3, 0.4) is 0 Å². The molecule has 0 saturated heterocycles. The third kappa shape index (κ3) is 1.48. The fraction of sp³-hybridized carbons (Fsp3) is 1.00. The molecule has 0 aromatic rings. The SMILES string of the molecule is [B]C1CC(O)C(CC)C1. The Morgan fingerprint density at radius 1 is 1.56 bits per heavy atom. The van der Waals surface area contributed by atoms with Gasteiger partial charge in [0.15, 0.2) is 0 Å². The summed E-state index contributed by atoms with van der Waals surface area (Å²) in [4.78, 5) is 0. The molecule has 0 bridgehead atoms. The molecule has 1 N–H and O–H groups in total.